The molecule has 176 valence electrons. The van der Waals surface area contributed by atoms with Crippen LogP contribution in [0.4, 0.5) is 0 Å². The molecule has 0 unspecified atom stereocenters. The van der Waals surface area contributed by atoms with Crippen LogP contribution in [0.25, 0.3) is 0 Å². The van der Waals surface area contributed by atoms with Gasteiger partial charge in [-0.05, 0) is 12.8 Å². The molecule has 1 rings (SSSR count). The third-order valence-electron chi connectivity index (χ3n) is 5.28. The van der Waals surface area contributed by atoms with Gasteiger partial charge in [0.05, 0.1) is 0 Å². The van der Waals surface area contributed by atoms with Crippen molar-refractivity contribution in [3.63, 3.8) is 0 Å². The summed E-state index contributed by atoms with van der Waals surface area (Å²) in [5, 5.41) is -0.239. The second-order valence-electron chi connectivity index (χ2n) is 8.01. The Balaban J connectivity index is 2.09. The normalized spacial score (nSPS) is 12.7. The van der Waals surface area contributed by atoms with Crippen LogP contribution in [-0.2, 0) is 14.3 Å². The van der Waals surface area contributed by atoms with Gasteiger partial charge in [0, 0.05) is 0 Å². The van der Waals surface area contributed by atoms with Crippen molar-refractivity contribution < 1.29 is 35.3 Å². The zero-order valence-corrected chi connectivity index (χ0v) is 22.0. The zero-order chi connectivity index (χ0) is 23.3. The van der Waals surface area contributed by atoms with Crippen molar-refractivity contribution in [1.82, 2.24) is 0 Å². The molecule has 0 fully saturated rings. The van der Waals surface area contributed by atoms with E-state index < -0.39 is 27.1 Å². The summed E-state index contributed by atoms with van der Waals surface area (Å²) in [6.45, 7) is 2.26. The van der Waals surface area contributed by atoms with E-state index in [1.54, 1.807) is 12.1 Å². The minimum atomic E-state index is -0.994. The molecule has 0 aliphatic carbocycles. The van der Waals surface area contributed by atoms with E-state index in [4.69, 9.17) is 5.33 Å². The molecule has 0 bridgehead atoms. The predicted octanol–water partition coefficient (Wildman–Crippen LogP) is 4.77. The quantitative estimate of drug-likeness (QED) is 0.106. The molecule has 0 aromatic heterocycles. The molecule has 3 nitrogen and oxygen atoms in total. The predicted molar refractivity (Wildman–Crippen MR) is 129 cm³/mol. The van der Waals surface area contributed by atoms with E-state index in [0.29, 0.717) is 12.0 Å². The number of benzene rings is 1. The van der Waals surface area contributed by atoms with Crippen molar-refractivity contribution in [3.8, 4) is 0 Å². The van der Waals surface area contributed by atoms with Gasteiger partial charge < -0.3 is 0 Å². The van der Waals surface area contributed by atoms with E-state index in [1.165, 1.54) is 57.8 Å². The SMILES string of the molecule is [3H][I-]SC(=O)[C@@H](OC(=O)CCCCCCC/C=C/CCCCCCCC)c1ccccc1. The molecule has 1 atom stereocenters. The number of hydrogen-bond acceptors (Lipinski definition) is 4. The number of allylic oxidation sites excluding steroid dienone is 2. The first kappa shape index (κ1) is 26.4. The van der Waals surface area contributed by atoms with Gasteiger partial charge in [-0.1, -0.05) is 51.2 Å². The number of unbranched alkanes of at least 4 members (excludes halogenated alkanes) is 11. The molecule has 1 aromatic carbocycles. The fraction of sp³-hybridized carbons (Fsp3) is 0.615. The van der Waals surface area contributed by atoms with Gasteiger partial charge in [0.25, 0.3) is 0 Å². The fourth-order valence-corrected chi connectivity index (χ4v) is 4.41. The summed E-state index contributed by atoms with van der Waals surface area (Å²) in [5.74, 6) is -0.325. The van der Waals surface area contributed by atoms with Crippen LogP contribution < -0.4 is 21.0 Å². The molecule has 0 radical (unpaired) electrons. The molecule has 0 spiro atoms. The molecule has 31 heavy (non-hydrogen) atoms. The van der Waals surface area contributed by atoms with Gasteiger partial charge in [0.15, 0.2) is 0 Å². The van der Waals surface area contributed by atoms with Crippen LogP contribution >= 0.6 is 8.93 Å². The number of rotatable bonds is 19. The molecule has 0 saturated carbocycles. The first-order valence-corrected chi connectivity index (χ1v) is 15.3. The van der Waals surface area contributed by atoms with Crippen molar-refractivity contribution in [3.05, 3.63) is 48.0 Å². The van der Waals surface area contributed by atoms with Crippen LogP contribution in [0.2, 0.25) is 0 Å². The van der Waals surface area contributed by atoms with Gasteiger partial charge >= 0.3 is 143 Å². The molecule has 0 heterocycles. The number of esters is 1. The van der Waals surface area contributed by atoms with Gasteiger partial charge in [-0.2, -0.15) is 0 Å². The summed E-state index contributed by atoms with van der Waals surface area (Å²) in [7, 11) is 0.980. The molecular formula is C26H40IO3S-. The number of carbonyl (C=O) groups is 2. The van der Waals surface area contributed by atoms with Crippen LogP contribution in [0.5, 0.6) is 0 Å². The number of hydrogen-bond donors (Lipinski definition) is 0. The summed E-state index contributed by atoms with van der Waals surface area (Å²) in [6, 6.07) is 9.10. The van der Waals surface area contributed by atoms with Crippen molar-refractivity contribution in [1.29, 1.82) is 0.594 Å². The number of carbonyl (C=O) groups excluding carboxylic acids is 2. The zero-order valence-electron chi connectivity index (χ0n) is 20.0. The Morgan fingerprint density at radius 3 is 2.13 bits per heavy atom. The molecule has 0 N–H and O–H groups in total. The van der Waals surface area contributed by atoms with E-state index in [9.17, 15) is 9.59 Å². The second kappa shape index (κ2) is 19.8. The van der Waals surface area contributed by atoms with Gasteiger partial charge in [0.1, 0.15) is 0 Å². The maximum absolute atomic E-state index is 12.3. The molecule has 0 aliphatic heterocycles. The standard InChI is InChI=1S/C26H40IO3S/c1-2-3-4-5-6-7-8-9-10-11-12-13-14-15-19-22-24(28)30-25(26(29)31-27)23-20-17-16-18-21-23/h9-10,16-18,20-21,25,27H,2-8,11-15,19,22H2,1H3/q-1/b10-9+/t25-/m0/s1/i27T. The Hall–Kier alpha value is -0.820. The molecule has 0 aliphatic rings. The molecule has 0 saturated heterocycles. The number of halogens is 1. The van der Waals surface area contributed by atoms with Crippen molar-refractivity contribution >= 4 is 20.0 Å². The van der Waals surface area contributed by atoms with Gasteiger partial charge in [0.2, 0.25) is 0 Å². The van der Waals surface area contributed by atoms with Crippen molar-refractivity contribution in [2.45, 2.75) is 103 Å². The number of ether oxygens (including phenoxy) is 1. The topological polar surface area (TPSA) is 43.4 Å². The van der Waals surface area contributed by atoms with Crippen LogP contribution in [-0.4, -0.2) is 11.7 Å². The Morgan fingerprint density at radius 2 is 1.52 bits per heavy atom. The first-order valence-electron chi connectivity index (χ1n) is 12.3. The molecule has 0 amide bonds. The summed E-state index contributed by atoms with van der Waals surface area (Å²) in [6.07, 6.45) is 19.9. The Bertz CT molecular complexity index is 639. The van der Waals surface area contributed by atoms with Gasteiger partial charge in [-0.15, -0.1) is 0 Å². The summed E-state index contributed by atoms with van der Waals surface area (Å²) < 4.78 is 12.8. The summed E-state index contributed by atoms with van der Waals surface area (Å²) in [4.78, 5) is 24.5. The van der Waals surface area contributed by atoms with E-state index >= 15 is 0 Å². The second-order valence-corrected chi connectivity index (χ2v) is 9.89. The Kier molecular flexibility index (Phi) is 16.9. The van der Waals surface area contributed by atoms with Crippen LogP contribution in [0.1, 0.15) is 108 Å². The van der Waals surface area contributed by atoms with Crippen LogP contribution in [0, 0.1) is 0 Å². The molecule has 1 aromatic rings. The third-order valence-corrected chi connectivity index (χ3v) is 6.95. The van der Waals surface area contributed by atoms with Gasteiger partial charge in [-0.3, -0.25) is 0 Å². The van der Waals surface area contributed by atoms with Crippen LogP contribution in [0.3, 0.4) is 0 Å². The Morgan fingerprint density at radius 1 is 0.935 bits per heavy atom. The average molecular weight is 562 g/mol. The van der Waals surface area contributed by atoms with E-state index in [0.717, 1.165) is 34.6 Å². The third kappa shape index (κ3) is 14.8. The Labute approximate surface area is 206 Å². The summed E-state index contributed by atoms with van der Waals surface area (Å²) >= 11 is -0.994. The fourth-order valence-electron chi connectivity index (χ4n) is 3.45. The molecule has 5 heteroatoms. The summed E-state index contributed by atoms with van der Waals surface area (Å²) in [5.41, 5.74) is 0.681. The minimum absolute atomic E-state index is 0.239. The average Bonchev–Trinajstić information content (AvgIpc) is 2.80. The van der Waals surface area contributed by atoms with E-state index in [2.05, 4.69) is 19.1 Å². The monoisotopic (exact) mass is 561 g/mol. The van der Waals surface area contributed by atoms with Crippen LogP contribution in [0.15, 0.2) is 42.5 Å². The van der Waals surface area contributed by atoms with Gasteiger partial charge in [-0.25, -0.2) is 0 Å². The van der Waals surface area contributed by atoms with E-state index in [-0.39, 0.29) is 11.1 Å². The van der Waals surface area contributed by atoms with Crippen molar-refractivity contribution in [2.24, 2.45) is 0 Å². The first-order chi connectivity index (χ1) is 15.7. The maximum atomic E-state index is 12.3. The molecular weight excluding hydrogens is 519 g/mol. The van der Waals surface area contributed by atoms with Crippen molar-refractivity contribution in [2.75, 3.05) is 0 Å². The van der Waals surface area contributed by atoms with E-state index in [1.807, 2.05) is 18.2 Å².